The second kappa shape index (κ2) is 5.51. The molecular weight excluding hydrogens is 228 g/mol. The van der Waals surface area contributed by atoms with Crippen molar-refractivity contribution in [3.05, 3.63) is 87.2 Å². The molecule has 2 rings (SSSR count). The van der Waals surface area contributed by atoms with Gasteiger partial charge < -0.3 is 0 Å². The maximum Gasteiger partial charge on any atom is 0.251 e. The van der Waals surface area contributed by atoms with Crippen LogP contribution in [0.4, 0.5) is 5.69 Å². The molecule has 0 radical (unpaired) electrons. The minimum absolute atomic E-state index is 0.0724. The standard InChI is InChI=1S/C14H10N2O2/c17-16(18)14-8-6-13(7-9-14)11-15-10-12-4-2-1-3-5-12/h1-9,11H. The van der Waals surface area contributed by atoms with Crippen LogP contribution in [0.3, 0.4) is 0 Å². The van der Waals surface area contributed by atoms with Crippen LogP contribution in [-0.2, 0) is 0 Å². The molecule has 4 heteroatoms. The number of nitrogens with zero attached hydrogens (tertiary/aromatic N) is 2. The highest BCUT2D eigenvalue weighted by Gasteiger charge is 2.01. The fourth-order valence-corrected chi connectivity index (χ4v) is 1.38. The Balaban J connectivity index is 2.03. The molecule has 0 N–H and O–H groups in total. The first-order chi connectivity index (χ1) is 8.75. The van der Waals surface area contributed by atoms with Crippen LogP contribution in [0.1, 0.15) is 11.1 Å². The summed E-state index contributed by atoms with van der Waals surface area (Å²) in [5, 5.41) is 10.5. The Bertz CT molecular complexity index is 595. The van der Waals surface area contributed by atoms with E-state index in [9.17, 15) is 10.1 Å². The molecule has 0 fully saturated rings. The van der Waals surface area contributed by atoms with Crippen LogP contribution in [0.15, 0.2) is 54.6 Å². The summed E-state index contributed by atoms with van der Waals surface area (Å²) in [6.07, 6.45) is 0. The Morgan fingerprint density at radius 1 is 1.06 bits per heavy atom. The maximum absolute atomic E-state index is 10.5. The summed E-state index contributed by atoms with van der Waals surface area (Å²) in [4.78, 5) is 14.1. The van der Waals surface area contributed by atoms with Crippen LogP contribution >= 0.6 is 0 Å². The van der Waals surface area contributed by atoms with Gasteiger partial charge in [0.25, 0.3) is 5.69 Å². The lowest BCUT2D eigenvalue weighted by Crippen LogP contribution is -1.87. The number of non-ortho nitro benzene ring substituents is 1. The third kappa shape index (κ3) is 3.09. The first-order valence-corrected chi connectivity index (χ1v) is 5.34. The normalized spacial score (nSPS) is 9.11. The average Bonchev–Trinajstić information content (AvgIpc) is 2.40. The number of benzene rings is 2. The van der Waals surface area contributed by atoms with Gasteiger partial charge in [0.05, 0.1) is 4.92 Å². The molecule has 88 valence electrons. The minimum Gasteiger partial charge on any atom is -0.258 e. The first-order valence-electron chi connectivity index (χ1n) is 5.34. The van der Waals surface area contributed by atoms with Crippen molar-refractivity contribution in [2.75, 3.05) is 0 Å². The van der Waals surface area contributed by atoms with Crippen LogP contribution in [0.5, 0.6) is 0 Å². The molecule has 4 nitrogen and oxygen atoms in total. The van der Waals surface area contributed by atoms with E-state index in [4.69, 9.17) is 0 Å². The number of nitro benzene ring substituents is 1. The molecular formula is C14H10N2O2. The lowest BCUT2D eigenvalue weighted by molar-refractivity contribution is -0.384. The van der Waals surface area contributed by atoms with Crippen molar-refractivity contribution in [1.82, 2.24) is 0 Å². The molecule has 0 atom stereocenters. The Morgan fingerprint density at radius 3 is 2.33 bits per heavy atom. The van der Waals surface area contributed by atoms with Gasteiger partial charge >= 0.3 is 0 Å². The minimum atomic E-state index is -0.427. The monoisotopic (exact) mass is 238 g/mol. The van der Waals surface area contributed by atoms with Gasteiger partial charge in [0.15, 0.2) is 0 Å². The summed E-state index contributed by atoms with van der Waals surface area (Å²) in [6, 6.07) is 18.6. The molecule has 18 heavy (non-hydrogen) atoms. The molecule has 0 unspecified atom stereocenters. The lowest BCUT2D eigenvalue weighted by atomic mass is 10.2. The third-order valence-corrected chi connectivity index (χ3v) is 2.28. The van der Waals surface area contributed by atoms with Gasteiger partial charge in [-0.15, -0.1) is 17.0 Å². The van der Waals surface area contributed by atoms with Crippen molar-refractivity contribution >= 4 is 5.69 Å². The smallest absolute Gasteiger partial charge is 0.251 e. The van der Waals surface area contributed by atoms with Gasteiger partial charge in [-0.25, -0.2) is 0 Å². The molecule has 0 aliphatic carbocycles. The number of nitro groups is 1. The van der Waals surface area contributed by atoms with Crippen LogP contribution in [0.25, 0.3) is 4.85 Å². The molecule has 0 saturated carbocycles. The average molecular weight is 238 g/mol. The molecule has 0 saturated heterocycles. The Hall–Kier alpha value is -2.80. The fourth-order valence-electron chi connectivity index (χ4n) is 1.38. The summed E-state index contributed by atoms with van der Waals surface area (Å²) >= 11 is 0. The number of hydrogen-bond donors (Lipinski definition) is 0. The van der Waals surface area contributed by atoms with E-state index < -0.39 is 4.92 Å². The lowest BCUT2D eigenvalue weighted by Gasteiger charge is -1.95. The zero-order valence-electron chi connectivity index (χ0n) is 9.48. The van der Waals surface area contributed by atoms with Gasteiger partial charge in [-0.05, 0) is 12.1 Å². The number of rotatable bonds is 2. The van der Waals surface area contributed by atoms with E-state index in [1.54, 1.807) is 18.7 Å². The van der Waals surface area contributed by atoms with Gasteiger partial charge in [0.1, 0.15) is 0 Å². The van der Waals surface area contributed by atoms with E-state index >= 15 is 0 Å². The second-order valence-electron chi connectivity index (χ2n) is 3.58. The SMILES string of the molecule is O=[N+]([O-])c1ccc([CH-][N+]#Cc2ccccc2)cc1. The molecule has 2 aromatic rings. The molecule has 0 bridgehead atoms. The third-order valence-electron chi connectivity index (χ3n) is 2.28. The number of hydrogen-bond acceptors (Lipinski definition) is 2. The summed E-state index contributed by atoms with van der Waals surface area (Å²) in [7, 11) is 0. The summed E-state index contributed by atoms with van der Waals surface area (Å²) in [5.74, 6) is 0. The van der Waals surface area contributed by atoms with Crippen LogP contribution in [0.2, 0.25) is 0 Å². The molecule has 2 aromatic carbocycles. The summed E-state index contributed by atoms with van der Waals surface area (Å²) < 4.78 is 0. The predicted octanol–water partition coefficient (Wildman–Crippen LogP) is 3.49. The molecule has 0 amide bonds. The van der Waals surface area contributed by atoms with E-state index in [1.807, 2.05) is 30.3 Å². The zero-order valence-corrected chi connectivity index (χ0v) is 9.48. The van der Waals surface area contributed by atoms with Gasteiger partial charge in [-0.1, -0.05) is 35.9 Å². The Labute approximate surface area is 104 Å². The molecule has 0 aliphatic heterocycles. The van der Waals surface area contributed by atoms with E-state index in [0.29, 0.717) is 0 Å². The largest absolute Gasteiger partial charge is 0.258 e. The first kappa shape index (κ1) is 11.7. The van der Waals surface area contributed by atoms with Crippen molar-refractivity contribution < 1.29 is 4.92 Å². The van der Waals surface area contributed by atoms with Crippen molar-refractivity contribution in [1.29, 1.82) is 0 Å². The fraction of sp³-hybridized carbons (Fsp3) is 0. The van der Waals surface area contributed by atoms with Crippen molar-refractivity contribution in [2.24, 2.45) is 0 Å². The van der Waals surface area contributed by atoms with Crippen molar-refractivity contribution in [3.8, 4) is 6.07 Å². The highest BCUT2D eigenvalue weighted by atomic mass is 16.6. The van der Waals surface area contributed by atoms with Crippen molar-refractivity contribution in [2.45, 2.75) is 0 Å². The zero-order chi connectivity index (χ0) is 12.8. The molecule has 0 spiro atoms. The van der Waals surface area contributed by atoms with E-state index in [-0.39, 0.29) is 5.69 Å². The summed E-state index contributed by atoms with van der Waals surface area (Å²) in [6.45, 7) is 1.61. The van der Waals surface area contributed by atoms with Crippen LogP contribution in [-0.4, -0.2) is 4.92 Å². The van der Waals surface area contributed by atoms with E-state index in [2.05, 4.69) is 10.9 Å². The second-order valence-corrected chi connectivity index (χ2v) is 3.58. The Kier molecular flexibility index (Phi) is 3.57. The van der Waals surface area contributed by atoms with Gasteiger partial charge in [0, 0.05) is 5.56 Å². The van der Waals surface area contributed by atoms with Crippen molar-refractivity contribution in [3.63, 3.8) is 0 Å². The van der Waals surface area contributed by atoms with E-state index in [1.165, 1.54) is 12.1 Å². The van der Waals surface area contributed by atoms with E-state index in [0.717, 1.165) is 11.1 Å². The van der Waals surface area contributed by atoms with Gasteiger partial charge in [-0.2, -0.15) is 0 Å². The highest BCUT2D eigenvalue weighted by Crippen LogP contribution is 2.13. The van der Waals surface area contributed by atoms with Crippen LogP contribution < -0.4 is 0 Å². The molecule has 0 heterocycles. The Morgan fingerprint density at radius 2 is 1.72 bits per heavy atom. The van der Waals surface area contributed by atoms with Crippen LogP contribution in [0, 0.1) is 22.7 Å². The highest BCUT2D eigenvalue weighted by molar-refractivity contribution is 5.38. The molecule has 0 aromatic heterocycles. The topological polar surface area (TPSA) is 47.5 Å². The predicted molar refractivity (Wildman–Crippen MR) is 69.3 cm³/mol. The van der Waals surface area contributed by atoms with Gasteiger partial charge in [-0.3, -0.25) is 10.1 Å². The van der Waals surface area contributed by atoms with Gasteiger partial charge in [0.2, 0.25) is 12.6 Å². The molecule has 0 aliphatic rings. The quantitative estimate of drug-likeness (QED) is 0.456. The maximum atomic E-state index is 10.5. The summed E-state index contributed by atoms with van der Waals surface area (Å²) in [5.41, 5.74) is 1.75.